The van der Waals surface area contributed by atoms with Crippen molar-refractivity contribution in [1.82, 2.24) is 24.4 Å². The zero-order valence-electron chi connectivity index (χ0n) is 13.1. The second-order valence-electron chi connectivity index (χ2n) is 5.61. The van der Waals surface area contributed by atoms with E-state index in [1.54, 1.807) is 23.3 Å². The molecule has 0 amide bonds. The molecule has 0 aliphatic carbocycles. The van der Waals surface area contributed by atoms with E-state index in [-0.39, 0.29) is 0 Å². The maximum atomic E-state index is 4.83. The fraction of sp³-hybridized carbons (Fsp3) is 0.400. The van der Waals surface area contributed by atoms with E-state index in [1.807, 2.05) is 29.5 Å². The summed E-state index contributed by atoms with van der Waals surface area (Å²) in [6.45, 7) is 1.59. The number of thiazole rings is 1. The highest BCUT2D eigenvalue weighted by Gasteiger charge is 2.36. The monoisotopic (exact) mass is 346 g/mol. The summed E-state index contributed by atoms with van der Waals surface area (Å²) in [6.07, 6.45) is 6.89. The first-order valence-corrected chi connectivity index (χ1v) is 9.59. The molecule has 0 saturated carbocycles. The molecule has 4 heterocycles. The Kier molecular flexibility index (Phi) is 3.96. The van der Waals surface area contributed by atoms with E-state index in [1.165, 1.54) is 11.3 Å². The zero-order valence-corrected chi connectivity index (χ0v) is 14.7. The van der Waals surface area contributed by atoms with Gasteiger partial charge in [0.25, 0.3) is 0 Å². The fourth-order valence-corrected chi connectivity index (χ4v) is 4.28. The Hall–Kier alpha value is -1.64. The van der Waals surface area contributed by atoms with Crippen molar-refractivity contribution in [3.8, 4) is 0 Å². The van der Waals surface area contributed by atoms with E-state index in [4.69, 9.17) is 4.99 Å². The van der Waals surface area contributed by atoms with Crippen molar-refractivity contribution < 1.29 is 0 Å². The van der Waals surface area contributed by atoms with Crippen molar-refractivity contribution in [2.45, 2.75) is 12.5 Å². The molecule has 23 heavy (non-hydrogen) atoms. The molecule has 4 rings (SSSR count). The molecular weight excluding hydrogens is 328 g/mol. The average Bonchev–Trinajstić information content (AvgIpc) is 3.26. The van der Waals surface area contributed by atoms with Gasteiger partial charge >= 0.3 is 0 Å². The smallest absolute Gasteiger partial charge is 0.165 e. The van der Waals surface area contributed by atoms with Crippen molar-refractivity contribution >= 4 is 34.7 Å². The third-order valence-corrected chi connectivity index (χ3v) is 5.43. The number of nitrogens with zero attached hydrogens (tertiary/aromatic N) is 5. The van der Waals surface area contributed by atoms with Gasteiger partial charge in [-0.05, 0) is 12.3 Å². The molecule has 0 bridgehead atoms. The van der Waals surface area contributed by atoms with Gasteiger partial charge in [-0.3, -0.25) is 14.4 Å². The largest absolute Gasteiger partial charge is 0.326 e. The highest BCUT2D eigenvalue weighted by Crippen LogP contribution is 2.35. The standard InChI is InChI=1S/C15H18N6S2/c1-20-5-3-12(18-20)11-8-17-14(15-16-4-6-23-15)21-9-10(19-22-2)7-13(11)21/h3-6,10,19H,7-9H2,1-2H3. The van der Waals surface area contributed by atoms with Crippen LogP contribution >= 0.6 is 23.3 Å². The maximum absolute atomic E-state index is 4.83. The number of aliphatic imine (C=N–C) groups is 1. The Balaban J connectivity index is 1.73. The molecule has 8 heteroatoms. The molecule has 2 aliphatic rings. The van der Waals surface area contributed by atoms with Gasteiger partial charge in [0.1, 0.15) is 0 Å². The van der Waals surface area contributed by atoms with Gasteiger partial charge in [0.2, 0.25) is 0 Å². The summed E-state index contributed by atoms with van der Waals surface area (Å²) < 4.78 is 5.33. The predicted molar refractivity (Wildman–Crippen MR) is 95.4 cm³/mol. The van der Waals surface area contributed by atoms with Crippen LogP contribution in [-0.2, 0) is 7.05 Å². The number of amidine groups is 1. The van der Waals surface area contributed by atoms with Crippen molar-refractivity contribution in [3.63, 3.8) is 0 Å². The van der Waals surface area contributed by atoms with Crippen LogP contribution in [0, 0.1) is 0 Å². The molecule has 1 N–H and O–H groups in total. The number of aromatic nitrogens is 3. The summed E-state index contributed by atoms with van der Waals surface area (Å²) >= 11 is 3.31. The zero-order chi connectivity index (χ0) is 15.8. The second kappa shape index (κ2) is 6.10. The van der Waals surface area contributed by atoms with Crippen LogP contribution in [0.4, 0.5) is 0 Å². The van der Waals surface area contributed by atoms with Gasteiger partial charge in [-0.25, -0.2) is 4.98 Å². The first kappa shape index (κ1) is 14.9. The van der Waals surface area contributed by atoms with Crippen LogP contribution in [0.2, 0.25) is 0 Å². The molecule has 1 unspecified atom stereocenters. The lowest BCUT2D eigenvalue weighted by molar-refractivity contribution is 0.545. The van der Waals surface area contributed by atoms with Gasteiger partial charge in [0, 0.05) is 55.1 Å². The maximum Gasteiger partial charge on any atom is 0.165 e. The number of rotatable bonds is 4. The lowest BCUT2D eigenvalue weighted by atomic mass is 10.1. The molecule has 2 aromatic heterocycles. The molecule has 2 aromatic rings. The SMILES string of the molecule is CSNC1CC2=C(c3ccn(C)n3)CN=C(c3nccs3)N2C1. The van der Waals surface area contributed by atoms with Crippen LogP contribution in [0.25, 0.3) is 5.57 Å². The Morgan fingerprint density at radius 3 is 3.04 bits per heavy atom. The minimum Gasteiger partial charge on any atom is -0.326 e. The van der Waals surface area contributed by atoms with E-state index >= 15 is 0 Å². The van der Waals surface area contributed by atoms with Crippen molar-refractivity contribution in [2.75, 3.05) is 19.3 Å². The van der Waals surface area contributed by atoms with Crippen molar-refractivity contribution in [1.29, 1.82) is 0 Å². The summed E-state index contributed by atoms with van der Waals surface area (Å²) in [5.74, 6) is 1.00. The Bertz CT molecular complexity index is 761. The van der Waals surface area contributed by atoms with Crippen LogP contribution in [-0.4, -0.2) is 50.9 Å². The van der Waals surface area contributed by atoms with Gasteiger partial charge in [-0.1, -0.05) is 11.9 Å². The third kappa shape index (κ3) is 2.71. The molecular formula is C15H18N6S2. The lowest BCUT2D eigenvalue weighted by Crippen LogP contribution is -2.34. The molecule has 2 aliphatic heterocycles. The topological polar surface area (TPSA) is 58.3 Å². The predicted octanol–water partition coefficient (Wildman–Crippen LogP) is 1.99. The van der Waals surface area contributed by atoms with Gasteiger partial charge < -0.3 is 4.90 Å². The van der Waals surface area contributed by atoms with Gasteiger partial charge in [0.15, 0.2) is 10.8 Å². The lowest BCUT2D eigenvalue weighted by Gasteiger charge is -2.27. The van der Waals surface area contributed by atoms with Crippen molar-refractivity contribution in [2.24, 2.45) is 12.0 Å². The highest BCUT2D eigenvalue weighted by molar-refractivity contribution is 7.96. The Morgan fingerprint density at radius 2 is 2.35 bits per heavy atom. The van der Waals surface area contributed by atoms with Crippen LogP contribution in [0.1, 0.15) is 17.1 Å². The molecule has 120 valence electrons. The summed E-state index contributed by atoms with van der Waals surface area (Å²) in [7, 11) is 1.95. The first-order chi connectivity index (χ1) is 11.3. The first-order valence-electron chi connectivity index (χ1n) is 7.48. The molecule has 0 aromatic carbocycles. The van der Waals surface area contributed by atoms with E-state index in [0.717, 1.165) is 29.5 Å². The summed E-state index contributed by atoms with van der Waals surface area (Å²) in [5, 5.41) is 7.57. The van der Waals surface area contributed by atoms with Crippen LogP contribution in [0.5, 0.6) is 0 Å². The van der Waals surface area contributed by atoms with Gasteiger partial charge in [0.05, 0.1) is 12.2 Å². The minimum atomic E-state index is 0.418. The van der Waals surface area contributed by atoms with E-state index in [0.29, 0.717) is 12.6 Å². The summed E-state index contributed by atoms with van der Waals surface area (Å²) in [6, 6.07) is 2.49. The minimum absolute atomic E-state index is 0.418. The summed E-state index contributed by atoms with van der Waals surface area (Å²) in [4.78, 5) is 11.6. The average molecular weight is 346 g/mol. The van der Waals surface area contributed by atoms with E-state index < -0.39 is 0 Å². The fourth-order valence-electron chi connectivity index (χ4n) is 3.14. The highest BCUT2D eigenvalue weighted by atomic mass is 32.2. The molecule has 0 radical (unpaired) electrons. The van der Waals surface area contributed by atoms with Crippen molar-refractivity contribution in [3.05, 3.63) is 40.2 Å². The quantitative estimate of drug-likeness (QED) is 0.858. The molecule has 6 nitrogen and oxygen atoms in total. The number of hydrogen-bond donors (Lipinski definition) is 1. The Labute approximate surface area is 143 Å². The molecule has 0 spiro atoms. The number of hydrogen-bond acceptors (Lipinski definition) is 7. The number of aryl methyl sites for hydroxylation is 1. The van der Waals surface area contributed by atoms with Crippen LogP contribution < -0.4 is 4.72 Å². The van der Waals surface area contributed by atoms with E-state index in [2.05, 4.69) is 32.0 Å². The summed E-state index contributed by atoms with van der Waals surface area (Å²) in [5.41, 5.74) is 3.59. The third-order valence-electron chi connectivity index (χ3n) is 4.09. The normalized spacial score (nSPS) is 20.9. The molecule has 1 atom stereocenters. The Morgan fingerprint density at radius 1 is 1.43 bits per heavy atom. The second-order valence-corrected chi connectivity index (χ2v) is 7.15. The van der Waals surface area contributed by atoms with E-state index in [9.17, 15) is 0 Å². The molecule has 1 fully saturated rings. The number of nitrogens with one attached hydrogen (secondary N) is 1. The van der Waals surface area contributed by atoms with Crippen LogP contribution in [0.15, 0.2) is 34.5 Å². The number of fused-ring (bicyclic) bond motifs is 1. The molecule has 1 saturated heterocycles. The van der Waals surface area contributed by atoms with Gasteiger partial charge in [-0.2, -0.15) is 5.10 Å². The van der Waals surface area contributed by atoms with Gasteiger partial charge in [-0.15, -0.1) is 11.3 Å². The van der Waals surface area contributed by atoms with Crippen LogP contribution in [0.3, 0.4) is 0 Å².